The second-order valence-corrected chi connectivity index (χ2v) is 8.61. The Morgan fingerprint density at radius 1 is 1.08 bits per heavy atom. The summed E-state index contributed by atoms with van der Waals surface area (Å²) in [6, 6.07) is 7.16. The Balaban J connectivity index is 1.81. The van der Waals surface area contributed by atoms with E-state index in [0.29, 0.717) is 29.1 Å². The minimum atomic E-state index is -5.04. The Labute approximate surface area is 216 Å². The maximum Gasteiger partial charge on any atom is 0.416 e. The van der Waals surface area contributed by atoms with Crippen LogP contribution in [-0.4, -0.2) is 23.2 Å². The fourth-order valence-electron chi connectivity index (χ4n) is 3.12. The minimum Gasteiger partial charge on any atom is -0.493 e. The van der Waals surface area contributed by atoms with Gasteiger partial charge < -0.3 is 9.47 Å². The lowest BCUT2D eigenvalue weighted by Gasteiger charge is -2.17. The highest BCUT2D eigenvalue weighted by Gasteiger charge is 2.38. The van der Waals surface area contributed by atoms with Crippen LogP contribution in [0.1, 0.15) is 34.2 Å². The van der Waals surface area contributed by atoms with Gasteiger partial charge in [0.25, 0.3) is 5.91 Å². The summed E-state index contributed by atoms with van der Waals surface area (Å²) >= 11 is 1.16. The van der Waals surface area contributed by atoms with E-state index in [2.05, 4.69) is 15.5 Å². The molecule has 0 atom stereocenters. The fourth-order valence-corrected chi connectivity index (χ4v) is 3.79. The van der Waals surface area contributed by atoms with Gasteiger partial charge in [-0.15, -0.1) is 10.2 Å². The highest BCUT2D eigenvalue weighted by atomic mass is 32.1. The van der Waals surface area contributed by atoms with Crippen molar-refractivity contribution in [3.63, 3.8) is 0 Å². The Kier molecular flexibility index (Phi) is 8.62. The van der Waals surface area contributed by atoms with Crippen LogP contribution in [0.25, 0.3) is 6.08 Å². The van der Waals surface area contributed by atoms with E-state index in [4.69, 9.17) is 9.47 Å². The molecule has 200 valence electrons. The van der Waals surface area contributed by atoms with Crippen LogP contribution in [0, 0.1) is 11.3 Å². The zero-order valence-corrected chi connectivity index (χ0v) is 20.5. The minimum absolute atomic E-state index is 0.0124. The topological polar surface area (TPSA) is 97.1 Å². The number of aromatic nitrogens is 2. The van der Waals surface area contributed by atoms with E-state index in [-0.39, 0.29) is 28.3 Å². The molecule has 0 fully saturated rings. The first kappa shape index (κ1) is 28.5. The summed E-state index contributed by atoms with van der Waals surface area (Å²) in [5.74, 6) is -0.692. The van der Waals surface area contributed by atoms with Gasteiger partial charge >= 0.3 is 12.4 Å². The molecule has 0 aliphatic carbocycles. The predicted octanol–water partition coefficient (Wildman–Crippen LogP) is 6.27. The number of carbonyl (C=O) groups excluding carboxylic acids is 1. The summed E-state index contributed by atoms with van der Waals surface area (Å²) in [7, 11) is 1.26. The van der Waals surface area contributed by atoms with Gasteiger partial charge in [-0.05, 0) is 42.3 Å². The molecular formula is C24H18F6N4O3S. The number of ether oxygens (including phenoxy) is 2. The number of hydrogen-bond acceptors (Lipinski definition) is 7. The molecule has 1 heterocycles. The molecular weight excluding hydrogens is 538 g/mol. The maximum atomic E-state index is 13.4. The number of nitriles is 1. The predicted molar refractivity (Wildman–Crippen MR) is 125 cm³/mol. The largest absolute Gasteiger partial charge is 0.493 e. The van der Waals surface area contributed by atoms with E-state index in [1.807, 2.05) is 6.92 Å². The van der Waals surface area contributed by atoms with E-state index in [0.717, 1.165) is 11.3 Å². The third kappa shape index (κ3) is 7.00. The maximum absolute atomic E-state index is 13.4. The third-order valence-corrected chi connectivity index (χ3v) is 5.96. The second-order valence-electron chi connectivity index (χ2n) is 7.54. The van der Waals surface area contributed by atoms with E-state index in [9.17, 15) is 36.4 Å². The van der Waals surface area contributed by atoms with Crippen molar-refractivity contribution in [3.8, 4) is 17.6 Å². The molecule has 3 aromatic rings. The van der Waals surface area contributed by atoms with E-state index in [1.165, 1.54) is 31.4 Å². The van der Waals surface area contributed by atoms with Crippen molar-refractivity contribution in [3.05, 3.63) is 69.2 Å². The number of alkyl halides is 6. The first-order chi connectivity index (χ1) is 17.8. The summed E-state index contributed by atoms with van der Waals surface area (Å²) in [6.45, 7) is 1.16. The third-order valence-electron chi connectivity index (χ3n) is 4.98. The summed E-state index contributed by atoms with van der Waals surface area (Å²) in [4.78, 5) is 12.4. The standard InChI is InChI=1S/C24H18F6N4O3S/c1-3-20-33-34-22(38-20)32-21(35)15(11-31)8-13-4-7-18(19(9-13)36-2)37-12-14-5-6-16(23(25,26)27)10-17(14)24(28,29)30/h4-10H,3,12H2,1-2H3,(H,32,34,35)/b15-8+. The lowest BCUT2D eigenvalue weighted by atomic mass is 10.0. The number of nitrogens with zero attached hydrogens (tertiary/aromatic N) is 3. The van der Waals surface area contributed by atoms with Crippen LogP contribution in [0.15, 0.2) is 42.0 Å². The van der Waals surface area contributed by atoms with Crippen LogP contribution in [0.2, 0.25) is 0 Å². The molecule has 3 rings (SSSR count). The van der Waals surface area contributed by atoms with E-state index >= 15 is 0 Å². The van der Waals surface area contributed by atoms with Crippen LogP contribution in [0.5, 0.6) is 11.5 Å². The van der Waals surface area contributed by atoms with Gasteiger partial charge in [-0.3, -0.25) is 10.1 Å². The van der Waals surface area contributed by atoms with Crippen molar-refractivity contribution in [1.29, 1.82) is 5.26 Å². The normalized spacial score (nSPS) is 12.1. The Hall–Kier alpha value is -4.12. The Bertz CT molecular complexity index is 1390. The van der Waals surface area contributed by atoms with Gasteiger partial charge in [-0.2, -0.15) is 31.6 Å². The first-order valence-electron chi connectivity index (χ1n) is 10.7. The molecule has 0 radical (unpaired) electrons. The smallest absolute Gasteiger partial charge is 0.416 e. The highest BCUT2D eigenvalue weighted by molar-refractivity contribution is 7.15. The molecule has 2 aromatic carbocycles. The van der Waals surface area contributed by atoms with Gasteiger partial charge in [0, 0.05) is 5.56 Å². The highest BCUT2D eigenvalue weighted by Crippen LogP contribution is 2.38. The molecule has 0 aliphatic rings. The Morgan fingerprint density at radius 3 is 2.39 bits per heavy atom. The number of halogens is 6. The average molecular weight is 556 g/mol. The molecule has 0 spiro atoms. The summed E-state index contributed by atoms with van der Waals surface area (Å²) in [5, 5.41) is 20.5. The number of carbonyl (C=O) groups is 1. The van der Waals surface area contributed by atoms with Crippen LogP contribution in [0.4, 0.5) is 31.5 Å². The SMILES string of the molecule is CCc1nnc(NC(=O)/C(C#N)=C/c2ccc(OCc3ccc(C(F)(F)F)cc3C(F)(F)F)c(OC)c2)s1. The molecule has 1 N–H and O–H groups in total. The first-order valence-corrected chi connectivity index (χ1v) is 11.5. The fraction of sp³-hybridized carbons (Fsp3) is 0.250. The number of aryl methyl sites for hydroxylation is 1. The van der Waals surface area contributed by atoms with Crippen LogP contribution >= 0.6 is 11.3 Å². The molecule has 0 unspecified atom stereocenters. The number of amides is 1. The second kappa shape index (κ2) is 11.5. The van der Waals surface area contributed by atoms with Crippen LogP contribution < -0.4 is 14.8 Å². The van der Waals surface area contributed by atoms with Gasteiger partial charge in [0.1, 0.15) is 23.3 Å². The lowest BCUT2D eigenvalue weighted by molar-refractivity contribution is -0.143. The van der Waals surface area contributed by atoms with Gasteiger partial charge in [-0.25, -0.2) is 0 Å². The molecule has 1 aromatic heterocycles. The van der Waals surface area contributed by atoms with Crippen LogP contribution in [-0.2, 0) is 30.2 Å². The number of rotatable bonds is 8. The van der Waals surface area contributed by atoms with Gasteiger partial charge in [0.15, 0.2) is 11.5 Å². The number of hydrogen-bond donors (Lipinski definition) is 1. The van der Waals surface area contributed by atoms with Crippen molar-refractivity contribution in [2.75, 3.05) is 12.4 Å². The van der Waals surface area contributed by atoms with Crippen molar-refractivity contribution in [1.82, 2.24) is 10.2 Å². The number of nitrogens with one attached hydrogen (secondary N) is 1. The zero-order valence-electron chi connectivity index (χ0n) is 19.7. The number of methoxy groups -OCH3 is 1. The average Bonchev–Trinajstić information content (AvgIpc) is 3.32. The van der Waals surface area contributed by atoms with Crippen molar-refractivity contribution in [2.45, 2.75) is 32.3 Å². The van der Waals surface area contributed by atoms with Crippen molar-refractivity contribution in [2.24, 2.45) is 0 Å². The molecule has 14 heteroatoms. The molecule has 0 saturated heterocycles. The quantitative estimate of drug-likeness (QED) is 0.200. The summed E-state index contributed by atoms with van der Waals surface area (Å²) < 4.78 is 89.5. The number of benzene rings is 2. The van der Waals surface area contributed by atoms with E-state index in [1.54, 1.807) is 6.07 Å². The number of anilines is 1. The van der Waals surface area contributed by atoms with Gasteiger partial charge in [0.2, 0.25) is 5.13 Å². The van der Waals surface area contributed by atoms with Crippen molar-refractivity contribution >= 4 is 28.5 Å². The monoisotopic (exact) mass is 556 g/mol. The molecule has 7 nitrogen and oxygen atoms in total. The summed E-state index contributed by atoms with van der Waals surface area (Å²) in [5.41, 5.74) is -3.36. The van der Waals surface area contributed by atoms with Gasteiger partial charge in [0.05, 0.1) is 18.2 Å². The molecule has 0 aliphatic heterocycles. The van der Waals surface area contributed by atoms with Crippen molar-refractivity contribution < 1.29 is 40.6 Å². The van der Waals surface area contributed by atoms with E-state index < -0.39 is 41.6 Å². The van der Waals surface area contributed by atoms with Crippen LogP contribution in [0.3, 0.4) is 0 Å². The summed E-state index contributed by atoms with van der Waals surface area (Å²) in [6.07, 6.45) is -8.11. The molecule has 1 amide bonds. The Morgan fingerprint density at radius 2 is 1.82 bits per heavy atom. The molecule has 0 bridgehead atoms. The lowest BCUT2D eigenvalue weighted by Crippen LogP contribution is -2.14. The van der Waals surface area contributed by atoms with Gasteiger partial charge in [-0.1, -0.05) is 30.4 Å². The molecule has 38 heavy (non-hydrogen) atoms. The zero-order chi connectivity index (χ0) is 28.1. The molecule has 0 saturated carbocycles.